The van der Waals surface area contributed by atoms with Gasteiger partial charge in [-0.15, -0.1) is 11.3 Å². The highest BCUT2D eigenvalue weighted by molar-refractivity contribution is 7.80. The van der Waals surface area contributed by atoms with Gasteiger partial charge in [-0.2, -0.15) is 0 Å². The first-order chi connectivity index (χ1) is 8.89. The van der Waals surface area contributed by atoms with Crippen molar-refractivity contribution in [2.45, 2.75) is 40.2 Å². The zero-order valence-electron chi connectivity index (χ0n) is 11.9. The predicted octanol–water partition coefficient (Wildman–Crippen LogP) is 2.50. The van der Waals surface area contributed by atoms with Gasteiger partial charge in [0.15, 0.2) is 0 Å². The van der Waals surface area contributed by atoms with E-state index in [9.17, 15) is 4.79 Å². The summed E-state index contributed by atoms with van der Waals surface area (Å²) in [4.78, 5) is 19.9. The Kier molecular flexibility index (Phi) is 5.43. The van der Waals surface area contributed by atoms with Gasteiger partial charge in [0.05, 0.1) is 28.2 Å². The summed E-state index contributed by atoms with van der Waals surface area (Å²) in [5.41, 5.74) is 7.86. The fourth-order valence-electron chi connectivity index (χ4n) is 2.14. The van der Waals surface area contributed by atoms with Crippen LogP contribution in [0.2, 0.25) is 0 Å². The lowest BCUT2D eigenvalue weighted by Crippen LogP contribution is -2.48. The van der Waals surface area contributed by atoms with Gasteiger partial charge in [0.2, 0.25) is 5.91 Å². The molecule has 0 spiro atoms. The van der Waals surface area contributed by atoms with E-state index in [1.807, 2.05) is 20.8 Å². The molecular weight excluding hydrogens is 278 g/mol. The standard InChI is InChI=1S/C13H21N3OS2/c1-5-13(6-2,11(14)18)12(17)16(4)7-10-9(3)15-8-19-10/h8H,5-7H2,1-4H3,(H2,14,18). The van der Waals surface area contributed by atoms with E-state index < -0.39 is 5.41 Å². The van der Waals surface area contributed by atoms with Crippen LogP contribution >= 0.6 is 23.6 Å². The van der Waals surface area contributed by atoms with Gasteiger partial charge in [-0.25, -0.2) is 4.98 Å². The molecule has 0 aliphatic rings. The van der Waals surface area contributed by atoms with Gasteiger partial charge in [0.1, 0.15) is 0 Å². The van der Waals surface area contributed by atoms with Crippen LogP contribution in [0, 0.1) is 12.3 Å². The Hall–Kier alpha value is -1.01. The molecule has 0 unspecified atom stereocenters. The molecule has 0 saturated carbocycles. The monoisotopic (exact) mass is 299 g/mol. The van der Waals surface area contributed by atoms with E-state index in [-0.39, 0.29) is 10.9 Å². The van der Waals surface area contributed by atoms with Crippen LogP contribution in [-0.4, -0.2) is 27.8 Å². The number of thiazole rings is 1. The van der Waals surface area contributed by atoms with Crippen LogP contribution in [0.3, 0.4) is 0 Å². The molecule has 0 aromatic carbocycles. The summed E-state index contributed by atoms with van der Waals surface area (Å²) in [5, 5.41) is 0. The second kappa shape index (κ2) is 6.43. The van der Waals surface area contributed by atoms with E-state index in [0.717, 1.165) is 10.6 Å². The number of aromatic nitrogens is 1. The van der Waals surface area contributed by atoms with Gasteiger partial charge in [0, 0.05) is 11.9 Å². The topological polar surface area (TPSA) is 59.2 Å². The van der Waals surface area contributed by atoms with Crippen molar-refractivity contribution in [1.82, 2.24) is 9.88 Å². The number of hydrogen-bond donors (Lipinski definition) is 1. The van der Waals surface area contributed by atoms with Crippen molar-refractivity contribution >= 4 is 34.5 Å². The number of carbonyl (C=O) groups is 1. The lowest BCUT2D eigenvalue weighted by molar-refractivity contribution is -0.137. The molecule has 19 heavy (non-hydrogen) atoms. The van der Waals surface area contributed by atoms with Gasteiger partial charge in [-0.05, 0) is 19.8 Å². The fraction of sp³-hybridized carbons (Fsp3) is 0.615. The molecule has 1 rings (SSSR count). The molecule has 0 aliphatic carbocycles. The molecule has 0 fully saturated rings. The van der Waals surface area contributed by atoms with Crippen molar-refractivity contribution in [3.63, 3.8) is 0 Å². The first-order valence-electron chi connectivity index (χ1n) is 6.33. The first-order valence-corrected chi connectivity index (χ1v) is 7.62. The normalized spacial score (nSPS) is 11.4. The lowest BCUT2D eigenvalue weighted by Gasteiger charge is -2.33. The zero-order chi connectivity index (χ0) is 14.6. The Bertz CT molecular complexity index is 466. The van der Waals surface area contributed by atoms with E-state index in [4.69, 9.17) is 18.0 Å². The minimum absolute atomic E-state index is 0.00204. The predicted molar refractivity (Wildman–Crippen MR) is 83.1 cm³/mol. The van der Waals surface area contributed by atoms with Gasteiger partial charge >= 0.3 is 0 Å². The summed E-state index contributed by atoms with van der Waals surface area (Å²) in [6.45, 7) is 6.41. The minimum Gasteiger partial charge on any atom is -0.392 e. The molecule has 1 aromatic heterocycles. The number of aryl methyl sites for hydroxylation is 1. The van der Waals surface area contributed by atoms with Crippen LogP contribution in [0.5, 0.6) is 0 Å². The van der Waals surface area contributed by atoms with E-state index in [2.05, 4.69) is 4.98 Å². The van der Waals surface area contributed by atoms with Crippen molar-refractivity contribution in [1.29, 1.82) is 0 Å². The Morgan fingerprint density at radius 3 is 2.47 bits per heavy atom. The van der Waals surface area contributed by atoms with Crippen LogP contribution in [0.4, 0.5) is 0 Å². The molecule has 2 N–H and O–H groups in total. The molecule has 1 amide bonds. The fourth-order valence-corrected chi connectivity index (χ4v) is 3.34. The highest BCUT2D eigenvalue weighted by atomic mass is 32.1. The van der Waals surface area contributed by atoms with Crippen LogP contribution in [0.15, 0.2) is 5.51 Å². The Morgan fingerprint density at radius 2 is 2.11 bits per heavy atom. The maximum absolute atomic E-state index is 12.6. The quantitative estimate of drug-likeness (QED) is 0.820. The van der Waals surface area contributed by atoms with Crippen molar-refractivity contribution < 1.29 is 4.79 Å². The van der Waals surface area contributed by atoms with Crippen molar-refractivity contribution in [2.75, 3.05) is 7.05 Å². The third-order valence-electron chi connectivity index (χ3n) is 3.66. The summed E-state index contributed by atoms with van der Waals surface area (Å²) in [7, 11) is 1.79. The molecule has 106 valence electrons. The highest BCUT2D eigenvalue weighted by Gasteiger charge is 2.40. The molecule has 4 nitrogen and oxygen atoms in total. The molecule has 0 saturated heterocycles. The number of nitrogens with two attached hydrogens (primary N) is 1. The van der Waals surface area contributed by atoms with Crippen LogP contribution in [-0.2, 0) is 11.3 Å². The smallest absolute Gasteiger partial charge is 0.235 e. The molecule has 0 aliphatic heterocycles. The molecule has 0 radical (unpaired) electrons. The van der Waals surface area contributed by atoms with E-state index >= 15 is 0 Å². The summed E-state index contributed by atoms with van der Waals surface area (Å²) in [6.07, 6.45) is 1.26. The van der Waals surface area contributed by atoms with Crippen LogP contribution < -0.4 is 5.73 Å². The third kappa shape index (κ3) is 3.12. The van der Waals surface area contributed by atoms with E-state index in [1.54, 1.807) is 28.8 Å². The van der Waals surface area contributed by atoms with E-state index in [0.29, 0.717) is 19.4 Å². The molecule has 1 heterocycles. The number of carbonyl (C=O) groups excluding carboxylic acids is 1. The summed E-state index contributed by atoms with van der Waals surface area (Å²) >= 11 is 6.68. The number of thiocarbonyl (C=S) groups is 1. The molecular formula is C13H21N3OS2. The average molecular weight is 299 g/mol. The van der Waals surface area contributed by atoms with Gasteiger partial charge < -0.3 is 10.6 Å². The maximum atomic E-state index is 12.6. The van der Waals surface area contributed by atoms with Gasteiger partial charge in [-0.3, -0.25) is 4.79 Å². The molecule has 0 bridgehead atoms. The van der Waals surface area contributed by atoms with Crippen LogP contribution in [0.25, 0.3) is 0 Å². The second-order valence-electron chi connectivity index (χ2n) is 4.68. The van der Waals surface area contributed by atoms with Crippen molar-refractivity contribution in [3.05, 3.63) is 16.1 Å². The van der Waals surface area contributed by atoms with Gasteiger partial charge in [-0.1, -0.05) is 26.1 Å². The molecule has 6 heteroatoms. The largest absolute Gasteiger partial charge is 0.392 e. The van der Waals surface area contributed by atoms with Crippen molar-refractivity contribution in [2.24, 2.45) is 11.1 Å². The second-order valence-corrected chi connectivity index (χ2v) is 6.05. The SMILES string of the molecule is CCC(CC)(C(=O)N(C)Cc1scnc1C)C(N)=S. The van der Waals surface area contributed by atoms with E-state index in [1.165, 1.54) is 0 Å². The Balaban J connectivity index is 2.92. The minimum atomic E-state index is -0.720. The zero-order valence-corrected chi connectivity index (χ0v) is 13.5. The first kappa shape index (κ1) is 16.0. The number of nitrogens with zero attached hydrogens (tertiary/aromatic N) is 2. The Labute approximate surface area is 124 Å². The number of amides is 1. The van der Waals surface area contributed by atoms with Crippen LogP contribution in [0.1, 0.15) is 37.3 Å². The number of hydrogen-bond acceptors (Lipinski definition) is 4. The molecule has 0 atom stereocenters. The number of rotatable bonds is 6. The average Bonchev–Trinajstić information content (AvgIpc) is 2.76. The van der Waals surface area contributed by atoms with Crippen molar-refractivity contribution in [3.8, 4) is 0 Å². The highest BCUT2D eigenvalue weighted by Crippen LogP contribution is 2.30. The summed E-state index contributed by atoms with van der Waals surface area (Å²) in [6, 6.07) is 0. The molecule has 1 aromatic rings. The maximum Gasteiger partial charge on any atom is 0.235 e. The summed E-state index contributed by atoms with van der Waals surface area (Å²) < 4.78 is 0. The lowest BCUT2D eigenvalue weighted by atomic mass is 9.81. The third-order valence-corrected chi connectivity index (χ3v) is 4.97. The Morgan fingerprint density at radius 1 is 1.53 bits per heavy atom. The van der Waals surface area contributed by atoms with Gasteiger partial charge in [0.25, 0.3) is 0 Å². The summed E-state index contributed by atoms with van der Waals surface area (Å²) in [5.74, 6) is -0.00204.